The summed E-state index contributed by atoms with van der Waals surface area (Å²) in [6.07, 6.45) is 0.587. The zero-order valence-electron chi connectivity index (χ0n) is 13.3. The Morgan fingerprint density at radius 1 is 1.29 bits per heavy atom. The van der Waals surface area contributed by atoms with Gasteiger partial charge in [0.25, 0.3) is 5.91 Å². The predicted molar refractivity (Wildman–Crippen MR) is 90.1 cm³/mol. The van der Waals surface area contributed by atoms with E-state index < -0.39 is 16.9 Å². The molecule has 1 unspecified atom stereocenters. The third-order valence-corrected chi connectivity index (χ3v) is 3.17. The van der Waals surface area contributed by atoms with Crippen molar-refractivity contribution in [1.82, 2.24) is 5.43 Å². The van der Waals surface area contributed by atoms with E-state index in [4.69, 9.17) is 4.74 Å². The lowest BCUT2D eigenvalue weighted by Gasteiger charge is -2.12. The number of amides is 1. The van der Waals surface area contributed by atoms with Crippen molar-refractivity contribution in [2.24, 2.45) is 5.10 Å². The van der Waals surface area contributed by atoms with Gasteiger partial charge in [-0.3, -0.25) is 14.9 Å². The van der Waals surface area contributed by atoms with E-state index in [2.05, 4.69) is 10.5 Å². The number of carbonyl (C=O) groups excluding carboxylic acids is 1. The SMILES string of the molecule is Cc1cccc(/C=N/NC(=O)C(C)Oc2ccccc2[N+](=O)[O-])c1. The molecule has 2 rings (SSSR count). The second-order valence-electron chi connectivity index (χ2n) is 5.13. The van der Waals surface area contributed by atoms with Crippen molar-refractivity contribution in [3.05, 3.63) is 69.8 Å². The van der Waals surface area contributed by atoms with E-state index in [1.165, 1.54) is 31.3 Å². The Morgan fingerprint density at radius 3 is 2.75 bits per heavy atom. The van der Waals surface area contributed by atoms with Crippen LogP contribution in [0.1, 0.15) is 18.1 Å². The van der Waals surface area contributed by atoms with Gasteiger partial charge in [0.15, 0.2) is 11.9 Å². The highest BCUT2D eigenvalue weighted by molar-refractivity contribution is 5.84. The van der Waals surface area contributed by atoms with Gasteiger partial charge in [0, 0.05) is 6.07 Å². The number of benzene rings is 2. The molecule has 1 N–H and O–H groups in total. The van der Waals surface area contributed by atoms with E-state index in [0.29, 0.717) is 0 Å². The van der Waals surface area contributed by atoms with Crippen LogP contribution in [0.5, 0.6) is 5.75 Å². The van der Waals surface area contributed by atoms with Crippen molar-refractivity contribution >= 4 is 17.8 Å². The number of nitro benzene ring substituents is 1. The quantitative estimate of drug-likeness (QED) is 0.501. The fraction of sp³-hybridized carbons (Fsp3) is 0.176. The molecule has 2 aromatic rings. The lowest BCUT2D eigenvalue weighted by molar-refractivity contribution is -0.386. The van der Waals surface area contributed by atoms with Crippen molar-refractivity contribution in [3.63, 3.8) is 0 Å². The third-order valence-electron chi connectivity index (χ3n) is 3.17. The van der Waals surface area contributed by atoms with Gasteiger partial charge >= 0.3 is 5.69 Å². The maximum atomic E-state index is 12.0. The minimum Gasteiger partial charge on any atom is -0.474 e. The zero-order valence-corrected chi connectivity index (χ0v) is 13.3. The molecule has 0 aliphatic heterocycles. The molecule has 0 spiro atoms. The van der Waals surface area contributed by atoms with E-state index in [1.807, 2.05) is 31.2 Å². The fourth-order valence-electron chi connectivity index (χ4n) is 1.96. The van der Waals surface area contributed by atoms with Crippen molar-refractivity contribution in [2.45, 2.75) is 20.0 Å². The molecule has 24 heavy (non-hydrogen) atoms. The second kappa shape index (κ2) is 7.87. The van der Waals surface area contributed by atoms with Gasteiger partial charge in [0.2, 0.25) is 0 Å². The Kier molecular flexibility index (Phi) is 5.62. The lowest BCUT2D eigenvalue weighted by atomic mass is 10.2. The molecule has 0 heterocycles. The molecule has 1 atom stereocenters. The Labute approximate surface area is 139 Å². The first-order valence-corrected chi connectivity index (χ1v) is 7.27. The Balaban J connectivity index is 1.97. The molecule has 0 fully saturated rings. The van der Waals surface area contributed by atoms with Gasteiger partial charge in [-0.05, 0) is 25.5 Å². The van der Waals surface area contributed by atoms with Crippen LogP contribution < -0.4 is 10.2 Å². The van der Waals surface area contributed by atoms with E-state index in [1.54, 1.807) is 6.07 Å². The Hall–Kier alpha value is -3.22. The van der Waals surface area contributed by atoms with Crippen LogP contribution in [0.4, 0.5) is 5.69 Å². The zero-order chi connectivity index (χ0) is 17.5. The number of hydrogen-bond acceptors (Lipinski definition) is 5. The van der Waals surface area contributed by atoms with Crippen molar-refractivity contribution < 1.29 is 14.5 Å². The molecule has 2 aromatic carbocycles. The van der Waals surface area contributed by atoms with Gasteiger partial charge in [-0.25, -0.2) is 5.43 Å². The normalized spacial score (nSPS) is 11.9. The summed E-state index contributed by atoms with van der Waals surface area (Å²) in [5.74, 6) is -0.468. The molecular weight excluding hydrogens is 310 g/mol. The number of rotatable bonds is 6. The first kappa shape index (κ1) is 17.1. The predicted octanol–water partition coefficient (Wildman–Crippen LogP) is 2.82. The topological polar surface area (TPSA) is 93.8 Å². The highest BCUT2D eigenvalue weighted by Gasteiger charge is 2.20. The summed E-state index contributed by atoms with van der Waals surface area (Å²) in [5, 5.41) is 14.8. The number of nitrogens with zero attached hydrogens (tertiary/aromatic N) is 2. The molecule has 7 heteroatoms. The monoisotopic (exact) mass is 327 g/mol. The number of hydrogen-bond donors (Lipinski definition) is 1. The largest absolute Gasteiger partial charge is 0.474 e. The van der Waals surface area contributed by atoms with Gasteiger partial charge in [0.1, 0.15) is 0 Å². The van der Waals surface area contributed by atoms with E-state index in [9.17, 15) is 14.9 Å². The maximum Gasteiger partial charge on any atom is 0.310 e. The molecule has 0 aromatic heterocycles. The second-order valence-corrected chi connectivity index (χ2v) is 5.13. The van der Waals surface area contributed by atoms with Crippen molar-refractivity contribution in [1.29, 1.82) is 0 Å². The van der Waals surface area contributed by atoms with Crippen LogP contribution in [0, 0.1) is 17.0 Å². The molecule has 0 aliphatic carbocycles. The molecule has 1 amide bonds. The number of ether oxygens (including phenoxy) is 1. The Bertz CT molecular complexity index is 774. The summed E-state index contributed by atoms with van der Waals surface area (Å²) in [6.45, 7) is 3.45. The molecular formula is C17H17N3O4. The third kappa shape index (κ3) is 4.64. The molecule has 124 valence electrons. The average Bonchev–Trinajstić information content (AvgIpc) is 2.55. The van der Waals surface area contributed by atoms with Crippen molar-refractivity contribution in [3.8, 4) is 5.75 Å². The van der Waals surface area contributed by atoms with Crippen LogP contribution in [0.3, 0.4) is 0 Å². The lowest BCUT2D eigenvalue weighted by Crippen LogP contribution is -2.33. The fourth-order valence-corrected chi connectivity index (χ4v) is 1.96. The number of para-hydroxylation sites is 2. The van der Waals surface area contributed by atoms with Gasteiger partial charge in [0.05, 0.1) is 11.1 Å². The van der Waals surface area contributed by atoms with E-state index in [0.717, 1.165) is 11.1 Å². The van der Waals surface area contributed by atoms with Crippen LogP contribution in [0.25, 0.3) is 0 Å². The van der Waals surface area contributed by atoms with Crippen molar-refractivity contribution in [2.75, 3.05) is 0 Å². The molecule has 0 bridgehead atoms. The standard InChI is InChI=1S/C17H17N3O4/c1-12-6-5-7-14(10-12)11-18-19-17(21)13(2)24-16-9-4-3-8-15(16)20(22)23/h3-11,13H,1-2H3,(H,19,21)/b18-11+. The average molecular weight is 327 g/mol. The number of hydrazone groups is 1. The van der Waals surface area contributed by atoms with Gasteiger partial charge in [-0.15, -0.1) is 0 Å². The molecule has 7 nitrogen and oxygen atoms in total. The smallest absolute Gasteiger partial charge is 0.310 e. The number of aryl methyl sites for hydroxylation is 1. The number of nitrogens with one attached hydrogen (secondary N) is 1. The van der Waals surface area contributed by atoms with Crippen LogP contribution in [-0.2, 0) is 4.79 Å². The van der Waals surface area contributed by atoms with Crippen LogP contribution >= 0.6 is 0 Å². The first-order valence-electron chi connectivity index (χ1n) is 7.27. The summed E-state index contributed by atoms with van der Waals surface area (Å²) >= 11 is 0. The minimum atomic E-state index is -0.930. The van der Waals surface area contributed by atoms with Crippen LogP contribution in [-0.4, -0.2) is 23.1 Å². The summed E-state index contributed by atoms with van der Waals surface area (Å²) in [4.78, 5) is 22.3. The summed E-state index contributed by atoms with van der Waals surface area (Å²) in [6, 6.07) is 13.5. The maximum absolute atomic E-state index is 12.0. The summed E-state index contributed by atoms with van der Waals surface area (Å²) < 4.78 is 5.36. The van der Waals surface area contributed by atoms with Gasteiger partial charge in [-0.1, -0.05) is 42.0 Å². The minimum absolute atomic E-state index is 0.0350. The van der Waals surface area contributed by atoms with E-state index in [-0.39, 0.29) is 11.4 Å². The first-order chi connectivity index (χ1) is 11.5. The molecule has 0 radical (unpaired) electrons. The van der Waals surface area contributed by atoms with E-state index >= 15 is 0 Å². The Morgan fingerprint density at radius 2 is 2.04 bits per heavy atom. The van der Waals surface area contributed by atoms with Gasteiger partial charge < -0.3 is 4.74 Å². The summed E-state index contributed by atoms with van der Waals surface area (Å²) in [5.41, 5.74) is 4.09. The number of carbonyl (C=O) groups is 1. The van der Waals surface area contributed by atoms with Gasteiger partial charge in [-0.2, -0.15) is 5.10 Å². The number of nitro groups is 1. The summed E-state index contributed by atoms with van der Waals surface area (Å²) in [7, 11) is 0. The molecule has 0 aliphatic rings. The molecule has 0 saturated heterocycles. The highest BCUT2D eigenvalue weighted by Crippen LogP contribution is 2.26. The van der Waals surface area contributed by atoms with Crippen LogP contribution in [0.15, 0.2) is 53.6 Å². The van der Waals surface area contributed by atoms with Crippen LogP contribution in [0.2, 0.25) is 0 Å². The molecule has 0 saturated carbocycles. The highest BCUT2D eigenvalue weighted by atomic mass is 16.6.